The fourth-order valence-corrected chi connectivity index (χ4v) is 5.32. The van der Waals surface area contributed by atoms with Crippen LogP contribution in [0.5, 0.6) is 5.75 Å². The molecule has 40 heavy (non-hydrogen) atoms. The summed E-state index contributed by atoms with van der Waals surface area (Å²) in [6.45, 7) is 5.37. The summed E-state index contributed by atoms with van der Waals surface area (Å²) < 4.78 is 17.2. The van der Waals surface area contributed by atoms with Crippen molar-refractivity contribution in [2.75, 3.05) is 13.2 Å². The average Bonchev–Trinajstić information content (AvgIpc) is 2.91. The highest BCUT2D eigenvalue weighted by Gasteiger charge is 2.53. The molecule has 0 saturated carbocycles. The minimum Gasteiger partial charge on any atom is -0.461 e. The molecule has 10 atom stereocenters. The first-order valence-corrected chi connectivity index (χ1v) is 13.3. The van der Waals surface area contributed by atoms with Gasteiger partial charge in [0, 0.05) is 6.42 Å². The molecule has 2 heterocycles. The van der Waals surface area contributed by atoms with Gasteiger partial charge in [-0.2, -0.15) is 0 Å². The van der Waals surface area contributed by atoms with Gasteiger partial charge in [-0.05, 0) is 67.6 Å². The molecule has 2 aromatic carbocycles. The Morgan fingerprint density at radius 1 is 0.750 bits per heavy atom. The molecule has 2 aromatic rings. The molecule has 4 rings (SSSR count). The minimum atomic E-state index is -1.93. The van der Waals surface area contributed by atoms with Crippen LogP contribution >= 0.6 is 0 Å². The molecule has 11 heteroatoms. The van der Waals surface area contributed by atoms with E-state index in [0.717, 1.165) is 22.3 Å². The topological polar surface area (TPSA) is 190 Å². The van der Waals surface area contributed by atoms with E-state index in [1.807, 2.05) is 44.2 Å². The Morgan fingerprint density at radius 3 is 1.82 bits per heavy atom. The summed E-state index contributed by atoms with van der Waals surface area (Å²) in [7, 11) is 0. The van der Waals surface area contributed by atoms with E-state index in [0.29, 0.717) is 11.3 Å². The van der Waals surface area contributed by atoms with Crippen molar-refractivity contribution in [3.8, 4) is 16.9 Å². The van der Waals surface area contributed by atoms with E-state index in [1.54, 1.807) is 6.07 Å². The van der Waals surface area contributed by atoms with Crippen molar-refractivity contribution in [2.24, 2.45) is 0 Å². The van der Waals surface area contributed by atoms with Crippen LogP contribution in [0.25, 0.3) is 11.1 Å². The number of benzene rings is 2. The largest absolute Gasteiger partial charge is 0.461 e. The first kappa shape index (κ1) is 30.8. The first-order valence-electron chi connectivity index (χ1n) is 13.3. The van der Waals surface area contributed by atoms with E-state index in [-0.39, 0.29) is 6.42 Å². The van der Waals surface area contributed by atoms with Gasteiger partial charge < -0.3 is 55.1 Å². The molecular weight excluding hydrogens is 524 g/mol. The smallest absolute Gasteiger partial charge is 0.231 e. The van der Waals surface area contributed by atoms with E-state index >= 15 is 0 Å². The third kappa shape index (κ3) is 5.64. The Hall–Kier alpha value is -2.16. The Bertz CT molecular complexity index is 1090. The predicted molar refractivity (Wildman–Crippen MR) is 142 cm³/mol. The van der Waals surface area contributed by atoms with Crippen LogP contribution in [-0.4, -0.2) is 114 Å². The van der Waals surface area contributed by atoms with Gasteiger partial charge in [0.25, 0.3) is 0 Å². The SMILES string of the molecule is Cc1cc(-c2ccc(O[C@H]3OC(CO)[C@@H](O)C(O)[C@]3(C)O)c(C)c2)ccc1C[C@H]1OC(CO)[C@@H](O)C(O)[C@]1(C)O. The second-order valence-corrected chi connectivity index (χ2v) is 11.3. The van der Waals surface area contributed by atoms with Crippen LogP contribution < -0.4 is 4.74 Å². The van der Waals surface area contributed by atoms with Crippen LogP contribution in [0.4, 0.5) is 0 Å². The van der Waals surface area contributed by atoms with Gasteiger partial charge in [0.2, 0.25) is 6.29 Å². The number of rotatable bonds is 7. The van der Waals surface area contributed by atoms with Crippen LogP contribution in [0, 0.1) is 13.8 Å². The molecule has 0 spiro atoms. The molecule has 4 unspecified atom stereocenters. The lowest BCUT2D eigenvalue weighted by Crippen LogP contribution is -2.66. The maximum absolute atomic E-state index is 10.8. The molecule has 0 aromatic heterocycles. The van der Waals surface area contributed by atoms with E-state index < -0.39 is 73.4 Å². The summed E-state index contributed by atoms with van der Waals surface area (Å²) in [4.78, 5) is 0. The number of aryl methyl sites for hydroxylation is 2. The summed E-state index contributed by atoms with van der Waals surface area (Å²) in [5.41, 5.74) is 0.610. The number of hydrogen-bond donors (Lipinski definition) is 8. The fraction of sp³-hybridized carbons (Fsp3) is 0.586. The molecule has 2 aliphatic heterocycles. The van der Waals surface area contributed by atoms with E-state index in [1.165, 1.54) is 13.8 Å². The van der Waals surface area contributed by atoms with Gasteiger partial charge in [0.05, 0.1) is 19.3 Å². The first-order chi connectivity index (χ1) is 18.7. The zero-order valence-corrected chi connectivity index (χ0v) is 23.0. The zero-order valence-electron chi connectivity index (χ0n) is 23.0. The number of aliphatic hydroxyl groups is 8. The van der Waals surface area contributed by atoms with Crippen molar-refractivity contribution in [1.82, 2.24) is 0 Å². The lowest BCUT2D eigenvalue weighted by atomic mass is 9.80. The highest BCUT2D eigenvalue weighted by molar-refractivity contribution is 5.67. The van der Waals surface area contributed by atoms with E-state index in [2.05, 4.69) is 0 Å². The standard InChI is InChI=1S/C29H40O11/c1-14-9-17(6-5-16(14)11-22-28(3,36)25(34)23(32)20(12-30)38-22)18-7-8-19(15(2)10-18)39-27-29(4,37)26(35)24(33)21(13-31)40-27/h5-10,20-27,30-37H,11-13H2,1-4H3/t20?,21?,22-,23-,24-,25?,26?,27+,28-,29+/m1/s1. The highest BCUT2D eigenvalue weighted by atomic mass is 16.7. The zero-order chi connectivity index (χ0) is 29.6. The number of hydrogen-bond acceptors (Lipinski definition) is 11. The Balaban J connectivity index is 1.51. The average molecular weight is 565 g/mol. The number of aliphatic hydroxyl groups excluding tert-OH is 6. The lowest BCUT2D eigenvalue weighted by molar-refractivity contribution is -0.314. The minimum absolute atomic E-state index is 0.252. The van der Waals surface area contributed by atoms with Crippen LogP contribution in [0.2, 0.25) is 0 Å². The molecule has 0 bridgehead atoms. The second-order valence-electron chi connectivity index (χ2n) is 11.3. The van der Waals surface area contributed by atoms with Gasteiger partial charge in [0.15, 0.2) is 5.60 Å². The van der Waals surface area contributed by atoms with Crippen LogP contribution in [0.15, 0.2) is 36.4 Å². The Kier molecular flexibility index (Phi) is 8.94. The van der Waals surface area contributed by atoms with Crippen molar-refractivity contribution in [1.29, 1.82) is 0 Å². The van der Waals surface area contributed by atoms with Gasteiger partial charge >= 0.3 is 0 Å². The number of ether oxygens (including phenoxy) is 3. The van der Waals surface area contributed by atoms with Crippen LogP contribution in [-0.2, 0) is 15.9 Å². The third-order valence-electron chi connectivity index (χ3n) is 8.22. The maximum Gasteiger partial charge on any atom is 0.231 e. The molecule has 2 saturated heterocycles. The summed E-state index contributed by atoms with van der Waals surface area (Å²) in [6.07, 6.45) is -10.00. The molecule has 2 aliphatic rings. The normalized spacial score (nSPS) is 38.3. The summed E-state index contributed by atoms with van der Waals surface area (Å²) in [6, 6.07) is 11.2. The van der Waals surface area contributed by atoms with Gasteiger partial charge in [-0.15, -0.1) is 0 Å². The monoisotopic (exact) mass is 564 g/mol. The van der Waals surface area contributed by atoms with Gasteiger partial charge in [-0.3, -0.25) is 0 Å². The molecule has 11 nitrogen and oxygen atoms in total. The van der Waals surface area contributed by atoms with Crippen molar-refractivity contribution in [3.05, 3.63) is 53.1 Å². The summed E-state index contributed by atoms with van der Waals surface area (Å²) in [5, 5.41) is 81.5. The maximum atomic E-state index is 10.8. The molecule has 8 N–H and O–H groups in total. The third-order valence-corrected chi connectivity index (χ3v) is 8.22. The molecule has 222 valence electrons. The van der Waals surface area contributed by atoms with Gasteiger partial charge in [-0.1, -0.05) is 24.3 Å². The molecule has 0 amide bonds. The molecule has 0 radical (unpaired) electrons. The van der Waals surface area contributed by atoms with Gasteiger partial charge in [0.1, 0.15) is 48.0 Å². The van der Waals surface area contributed by atoms with E-state index in [9.17, 15) is 40.9 Å². The summed E-state index contributed by atoms with van der Waals surface area (Å²) in [5.74, 6) is 0.388. The predicted octanol–water partition coefficient (Wildman–Crippen LogP) is -0.686. The molecular formula is C29H40O11. The molecule has 0 aliphatic carbocycles. The Labute approximate surface area is 232 Å². The van der Waals surface area contributed by atoms with Crippen LogP contribution in [0.3, 0.4) is 0 Å². The van der Waals surface area contributed by atoms with Crippen LogP contribution in [0.1, 0.15) is 30.5 Å². The van der Waals surface area contributed by atoms with Crippen molar-refractivity contribution >= 4 is 0 Å². The second kappa shape index (κ2) is 11.6. The quantitative estimate of drug-likeness (QED) is 0.213. The fourth-order valence-electron chi connectivity index (χ4n) is 5.32. The Morgan fingerprint density at radius 2 is 1.27 bits per heavy atom. The van der Waals surface area contributed by atoms with E-state index in [4.69, 9.17) is 14.2 Å². The highest BCUT2D eigenvalue weighted by Crippen LogP contribution is 2.36. The van der Waals surface area contributed by atoms with Crippen molar-refractivity contribution in [3.63, 3.8) is 0 Å². The van der Waals surface area contributed by atoms with Crippen molar-refractivity contribution in [2.45, 2.75) is 94.3 Å². The summed E-state index contributed by atoms with van der Waals surface area (Å²) >= 11 is 0. The van der Waals surface area contributed by atoms with Crippen molar-refractivity contribution < 1.29 is 55.1 Å². The van der Waals surface area contributed by atoms with Gasteiger partial charge in [-0.25, -0.2) is 0 Å². The molecule has 2 fully saturated rings. The lowest BCUT2D eigenvalue weighted by Gasteiger charge is -2.46.